The zero-order valence-corrected chi connectivity index (χ0v) is 16.8. The summed E-state index contributed by atoms with van der Waals surface area (Å²) in [4.78, 5) is 0. The molecule has 1 aliphatic carbocycles. The van der Waals surface area contributed by atoms with Crippen LogP contribution < -0.4 is 0 Å². The van der Waals surface area contributed by atoms with Crippen LogP contribution in [0, 0.1) is 18.8 Å². The van der Waals surface area contributed by atoms with Gasteiger partial charge in [0.1, 0.15) is 5.83 Å². The smallest absolute Gasteiger partial charge is 0.185 e. The summed E-state index contributed by atoms with van der Waals surface area (Å²) in [5, 5.41) is 0.908. The Morgan fingerprint density at radius 1 is 1.19 bits per heavy atom. The van der Waals surface area contributed by atoms with Crippen LogP contribution in [0.15, 0.2) is 54.0 Å². The van der Waals surface area contributed by atoms with Gasteiger partial charge in [0.15, 0.2) is 18.5 Å². The molecule has 2 aliphatic heterocycles. The number of halogens is 2. The van der Waals surface area contributed by atoms with Crippen LogP contribution in [0.3, 0.4) is 0 Å². The Morgan fingerprint density at radius 2 is 2.04 bits per heavy atom. The van der Waals surface area contributed by atoms with E-state index in [2.05, 4.69) is 35.8 Å². The molecule has 1 saturated carbocycles. The van der Waals surface area contributed by atoms with Gasteiger partial charge in [0.05, 0.1) is 0 Å². The average molecular weight is 385 g/mol. The molecule has 0 aromatic heterocycles. The van der Waals surface area contributed by atoms with Crippen LogP contribution in [-0.2, 0) is 6.42 Å². The second-order valence-corrected chi connectivity index (χ2v) is 8.74. The fourth-order valence-corrected chi connectivity index (χ4v) is 5.11. The van der Waals surface area contributed by atoms with Crippen molar-refractivity contribution >= 4 is 17.3 Å². The minimum absolute atomic E-state index is 0.142. The summed E-state index contributed by atoms with van der Waals surface area (Å²) >= 11 is 6.44. The monoisotopic (exact) mass is 384 g/mol. The quantitative estimate of drug-likeness (QED) is 0.409. The molecule has 1 aromatic rings. The maximum absolute atomic E-state index is 13.6. The fourth-order valence-electron chi connectivity index (χ4n) is 4.78. The molecule has 1 nitrogen and oxygen atoms in total. The highest BCUT2D eigenvalue weighted by molar-refractivity contribution is 6.31. The van der Waals surface area contributed by atoms with E-state index >= 15 is 0 Å². The third kappa shape index (κ3) is 4.43. The van der Waals surface area contributed by atoms with Crippen molar-refractivity contribution in [3.63, 3.8) is 0 Å². The van der Waals surface area contributed by atoms with E-state index in [1.807, 2.05) is 6.20 Å². The lowest BCUT2D eigenvalue weighted by atomic mass is 9.86. The molecule has 2 bridgehead atoms. The molecule has 3 aliphatic rings. The molecule has 0 N–H and O–H groups in total. The summed E-state index contributed by atoms with van der Waals surface area (Å²) in [6, 6.07) is 6.42. The van der Waals surface area contributed by atoms with Crippen molar-refractivity contribution < 1.29 is 8.97 Å². The zero-order valence-electron chi connectivity index (χ0n) is 16.1. The summed E-state index contributed by atoms with van der Waals surface area (Å²) in [7, 11) is 0. The third-order valence-corrected chi connectivity index (χ3v) is 6.59. The largest absolute Gasteiger partial charge is 0.207 e. The van der Waals surface area contributed by atoms with Gasteiger partial charge in [-0.15, -0.1) is 0 Å². The van der Waals surface area contributed by atoms with Crippen LogP contribution in [-0.4, -0.2) is 16.8 Å². The van der Waals surface area contributed by atoms with E-state index in [1.165, 1.54) is 55.4 Å². The molecule has 1 fully saturated rings. The van der Waals surface area contributed by atoms with Crippen molar-refractivity contribution in [3.8, 4) is 0 Å². The molecular formula is C24H28ClFN+. The first-order chi connectivity index (χ1) is 13.1. The molecule has 1 aromatic carbocycles. The molecule has 27 heavy (non-hydrogen) atoms. The summed E-state index contributed by atoms with van der Waals surface area (Å²) in [5.41, 5.74) is 4.99. The molecule has 0 radical (unpaired) electrons. The predicted octanol–water partition coefficient (Wildman–Crippen LogP) is 6.55. The number of fused-ring (bicyclic) bond motifs is 2. The number of allylic oxidation sites excluding steroid dienone is 3. The van der Waals surface area contributed by atoms with Gasteiger partial charge in [-0.2, -0.15) is 4.58 Å². The molecule has 2 atom stereocenters. The molecule has 0 spiro atoms. The van der Waals surface area contributed by atoms with Crippen LogP contribution in [0.25, 0.3) is 0 Å². The Hall–Kier alpha value is -1.67. The van der Waals surface area contributed by atoms with Gasteiger partial charge in [0, 0.05) is 28.7 Å². The fraction of sp³-hybridized carbons (Fsp3) is 0.458. The van der Waals surface area contributed by atoms with E-state index in [1.54, 1.807) is 12.2 Å². The highest BCUT2D eigenvalue weighted by atomic mass is 35.5. The summed E-state index contributed by atoms with van der Waals surface area (Å²) in [5.74, 6) is 1.18. The second kappa shape index (κ2) is 8.14. The van der Waals surface area contributed by atoms with Crippen molar-refractivity contribution in [2.24, 2.45) is 11.8 Å². The lowest BCUT2D eigenvalue weighted by Gasteiger charge is -2.19. The van der Waals surface area contributed by atoms with Crippen LogP contribution in [0.4, 0.5) is 4.39 Å². The van der Waals surface area contributed by atoms with E-state index in [9.17, 15) is 4.39 Å². The molecule has 3 heteroatoms. The number of aryl methyl sites for hydroxylation is 2. The molecule has 2 heterocycles. The molecular weight excluding hydrogens is 357 g/mol. The van der Waals surface area contributed by atoms with E-state index in [4.69, 9.17) is 11.6 Å². The Labute approximate surface area is 166 Å². The van der Waals surface area contributed by atoms with Crippen LogP contribution in [0.5, 0.6) is 0 Å². The van der Waals surface area contributed by atoms with Gasteiger partial charge in [0.25, 0.3) is 0 Å². The highest BCUT2D eigenvalue weighted by Gasteiger charge is 2.32. The normalized spacial score (nSPS) is 25.1. The zero-order chi connectivity index (χ0) is 18.8. The Balaban J connectivity index is 1.45. The maximum atomic E-state index is 13.6. The first-order valence-corrected chi connectivity index (χ1v) is 10.6. The van der Waals surface area contributed by atoms with Gasteiger partial charge in [0.2, 0.25) is 0 Å². The summed E-state index contributed by atoms with van der Waals surface area (Å²) in [6.07, 6.45) is 16.1. The SMILES string of the molecule is Cc1ccc(CCC2CCCCC(C3=[N+]4C=CC(F)=CC(=C3)C4)C2)c(Cl)c1. The number of hydrogen-bond acceptors (Lipinski definition) is 0. The predicted molar refractivity (Wildman–Crippen MR) is 111 cm³/mol. The Morgan fingerprint density at radius 3 is 2.89 bits per heavy atom. The first kappa shape index (κ1) is 18.7. The lowest BCUT2D eigenvalue weighted by Crippen LogP contribution is -2.21. The molecule has 4 rings (SSSR count). The third-order valence-electron chi connectivity index (χ3n) is 6.24. The van der Waals surface area contributed by atoms with Crippen molar-refractivity contribution in [1.82, 2.24) is 0 Å². The van der Waals surface area contributed by atoms with E-state index in [0.29, 0.717) is 5.92 Å². The van der Waals surface area contributed by atoms with Gasteiger partial charge in [-0.25, -0.2) is 4.39 Å². The van der Waals surface area contributed by atoms with Crippen molar-refractivity contribution in [1.29, 1.82) is 0 Å². The number of benzene rings is 1. The van der Waals surface area contributed by atoms with Crippen molar-refractivity contribution in [2.75, 3.05) is 6.54 Å². The van der Waals surface area contributed by atoms with Gasteiger partial charge in [-0.1, -0.05) is 43.0 Å². The molecule has 0 amide bonds. The van der Waals surface area contributed by atoms with Gasteiger partial charge in [-0.3, -0.25) is 0 Å². The second-order valence-electron chi connectivity index (χ2n) is 8.33. The number of nitrogens with zero attached hydrogens (tertiary/aromatic N) is 1. The maximum Gasteiger partial charge on any atom is 0.185 e. The van der Waals surface area contributed by atoms with Gasteiger partial charge < -0.3 is 0 Å². The lowest BCUT2D eigenvalue weighted by molar-refractivity contribution is -0.444. The van der Waals surface area contributed by atoms with Crippen LogP contribution in [0.1, 0.15) is 49.7 Å². The van der Waals surface area contributed by atoms with Crippen molar-refractivity contribution in [2.45, 2.75) is 51.9 Å². The van der Waals surface area contributed by atoms with Gasteiger partial charge in [-0.05, 0) is 61.8 Å². The van der Waals surface area contributed by atoms with Crippen molar-refractivity contribution in [3.05, 3.63) is 70.2 Å². The summed E-state index contributed by atoms with van der Waals surface area (Å²) < 4.78 is 15.9. The van der Waals surface area contributed by atoms with Crippen LogP contribution >= 0.6 is 11.6 Å². The highest BCUT2D eigenvalue weighted by Crippen LogP contribution is 2.34. The molecule has 142 valence electrons. The average Bonchev–Trinajstić information content (AvgIpc) is 2.78. The first-order valence-electron chi connectivity index (χ1n) is 10.2. The van der Waals surface area contributed by atoms with E-state index in [-0.39, 0.29) is 5.83 Å². The van der Waals surface area contributed by atoms with E-state index in [0.717, 1.165) is 29.5 Å². The molecule has 2 unspecified atom stereocenters. The topological polar surface area (TPSA) is 3.01 Å². The standard InChI is InChI=1S/C24H28ClFN/c1-17-6-8-20(23(25)12-17)9-7-18-4-2-3-5-21(13-18)24-15-19-14-22(26)10-11-27(24)16-19/h6,8,10-12,14-15,18,21H,2-5,7,9,13,16H2,1H3/q+1. The Bertz CT molecular complexity index is 846. The number of hydrogen-bond donors (Lipinski definition) is 0. The molecule has 0 saturated heterocycles. The minimum Gasteiger partial charge on any atom is -0.207 e. The van der Waals surface area contributed by atoms with Gasteiger partial charge >= 0.3 is 0 Å². The Kier molecular flexibility index (Phi) is 5.63. The minimum atomic E-state index is -0.142. The van der Waals surface area contributed by atoms with E-state index < -0.39 is 0 Å². The summed E-state index contributed by atoms with van der Waals surface area (Å²) in [6.45, 7) is 2.90. The van der Waals surface area contributed by atoms with Crippen LogP contribution in [0.2, 0.25) is 5.02 Å². The number of rotatable bonds is 4.